The van der Waals surface area contributed by atoms with E-state index in [4.69, 9.17) is 4.42 Å². The summed E-state index contributed by atoms with van der Waals surface area (Å²) in [5.41, 5.74) is 2.11. The van der Waals surface area contributed by atoms with Gasteiger partial charge in [0.05, 0.1) is 0 Å². The first kappa shape index (κ1) is 13.4. The van der Waals surface area contributed by atoms with Crippen LogP contribution in [-0.2, 0) is 6.42 Å². The highest BCUT2D eigenvalue weighted by Crippen LogP contribution is 2.26. The normalized spacial score (nSPS) is 12.9. The van der Waals surface area contributed by atoms with Gasteiger partial charge in [-0.1, -0.05) is 38.1 Å². The van der Waals surface area contributed by atoms with Gasteiger partial charge in [-0.15, -0.1) is 0 Å². The van der Waals surface area contributed by atoms with Gasteiger partial charge in [0, 0.05) is 0 Å². The second-order valence-corrected chi connectivity index (χ2v) is 5.67. The first-order chi connectivity index (χ1) is 8.56. The molecule has 1 aromatic carbocycles. The molecule has 0 saturated carbocycles. The summed E-state index contributed by atoms with van der Waals surface area (Å²) in [6.07, 6.45) is 0.311. The molecule has 0 aliphatic carbocycles. The maximum atomic E-state index is 10.2. The maximum Gasteiger partial charge on any atom is 0.169 e. The van der Waals surface area contributed by atoms with Crippen LogP contribution in [0.1, 0.15) is 36.8 Å². The molecule has 0 spiro atoms. The Kier molecular flexibility index (Phi) is 4.25. The maximum absolute atomic E-state index is 10.2. The molecule has 0 radical (unpaired) electrons. The van der Waals surface area contributed by atoms with Crippen LogP contribution in [0.4, 0.5) is 0 Å². The topological polar surface area (TPSA) is 33.4 Å². The molecule has 0 saturated heterocycles. The Balaban J connectivity index is 2.22. The fraction of sp³-hybridized carbons (Fsp3) is 0.333. The lowest BCUT2D eigenvalue weighted by Crippen LogP contribution is -2.00. The van der Waals surface area contributed by atoms with Crippen LogP contribution in [0.5, 0.6) is 0 Å². The van der Waals surface area contributed by atoms with Crippen molar-refractivity contribution in [1.29, 1.82) is 0 Å². The van der Waals surface area contributed by atoms with Crippen molar-refractivity contribution in [1.82, 2.24) is 0 Å². The molecular formula is C15H17BrO2. The van der Waals surface area contributed by atoms with Gasteiger partial charge in [0.25, 0.3) is 0 Å². The van der Waals surface area contributed by atoms with Gasteiger partial charge in [-0.3, -0.25) is 0 Å². The molecule has 3 heteroatoms. The van der Waals surface area contributed by atoms with Crippen molar-refractivity contribution in [3.05, 3.63) is 58.0 Å². The monoisotopic (exact) mass is 308 g/mol. The third-order valence-corrected chi connectivity index (χ3v) is 3.20. The van der Waals surface area contributed by atoms with Crippen LogP contribution in [0.3, 0.4) is 0 Å². The summed E-state index contributed by atoms with van der Waals surface area (Å²) < 4.78 is 6.02. The summed E-state index contributed by atoms with van der Waals surface area (Å²) in [4.78, 5) is 0. The SMILES string of the molecule is CC(C)Cc1cccc(C(O)c2ccc(Br)o2)c1. The zero-order valence-electron chi connectivity index (χ0n) is 10.6. The predicted molar refractivity (Wildman–Crippen MR) is 75.5 cm³/mol. The lowest BCUT2D eigenvalue weighted by molar-refractivity contribution is 0.187. The van der Waals surface area contributed by atoms with Crippen LogP contribution in [0.25, 0.3) is 0 Å². The Labute approximate surface area is 116 Å². The van der Waals surface area contributed by atoms with Gasteiger partial charge >= 0.3 is 0 Å². The van der Waals surface area contributed by atoms with E-state index in [1.807, 2.05) is 18.2 Å². The van der Waals surface area contributed by atoms with Gasteiger partial charge in [0.15, 0.2) is 4.67 Å². The molecule has 1 unspecified atom stereocenters. The highest BCUT2D eigenvalue weighted by atomic mass is 79.9. The van der Waals surface area contributed by atoms with Gasteiger partial charge in [0.1, 0.15) is 11.9 Å². The van der Waals surface area contributed by atoms with Crippen molar-refractivity contribution in [2.24, 2.45) is 5.92 Å². The van der Waals surface area contributed by atoms with Crippen LogP contribution in [0.15, 0.2) is 45.5 Å². The number of benzene rings is 1. The first-order valence-electron chi connectivity index (χ1n) is 6.08. The Bertz CT molecular complexity index is 517. The summed E-state index contributed by atoms with van der Waals surface area (Å²) in [6.45, 7) is 4.37. The van der Waals surface area contributed by atoms with E-state index in [2.05, 4.69) is 35.8 Å². The minimum Gasteiger partial charge on any atom is -0.451 e. The molecule has 18 heavy (non-hydrogen) atoms. The fourth-order valence-electron chi connectivity index (χ4n) is 2.00. The van der Waals surface area contributed by atoms with Crippen molar-refractivity contribution in [2.45, 2.75) is 26.4 Å². The molecule has 0 bridgehead atoms. The average molecular weight is 309 g/mol. The zero-order chi connectivity index (χ0) is 13.1. The minimum absolute atomic E-state index is 0.559. The first-order valence-corrected chi connectivity index (χ1v) is 6.87. The highest BCUT2D eigenvalue weighted by molar-refractivity contribution is 9.10. The number of halogens is 1. The third kappa shape index (κ3) is 3.24. The Morgan fingerprint density at radius 2 is 2.00 bits per heavy atom. The lowest BCUT2D eigenvalue weighted by Gasteiger charge is -2.11. The smallest absolute Gasteiger partial charge is 0.169 e. The predicted octanol–water partition coefficient (Wildman–Crippen LogP) is 4.32. The second kappa shape index (κ2) is 5.72. The average Bonchev–Trinajstić information content (AvgIpc) is 2.74. The number of hydrogen-bond donors (Lipinski definition) is 1. The highest BCUT2D eigenvalue weighted by Gasteiger charge is 2.14. The van der Waals surface area contributed by atoms with Gasteiger partial charge in [-0.25, -0.2) is 0 Å². The molecule has 0 amide bonds. The van der Waals surface area contributed by atoms with E-state index in [0.717, 1.165) is 12.0 Å². The van der Waals surface area contributed by atoms with E-state index >= 15 is 0 Å². The number of aliphatic hydroxyl groups excluding tert-OH is 1. The third-order valence-electron chi connectivity index (χ3n) is 2.77. The number of furan rings is 1. The molecule has 0 fully saturated rings. The lowest BCUT2D eigenvalue weighted by atomic mass is 9.98. The van der Waals surface area contributed by atoms with Gasteiger partial charge in [-0.2, -0.15) is 0 Å². The Morgan fingerprint density at radius 3 is 2.61 bits per heavy atom. The van der Waals surface area contributed by atoms with E-state index in [1.54, 1.807) is 12.1 Å². The molecule has 96 valence electrons. The van der Waals surface area contributed by atoms with Crippen molar-refractivity contribution in [2.75, 3.05) is 0 Å². The minimum atomic E-state index is -0.705. The molecule has 2 aromatic rings. The molecule has 1 N–H and O–H groups in total. The summed E-state index contributed by atoms with van der Waals surface area (Å²) in [5, 5.41) is 10.2. The molecule has 0 aliphatic heterocycles. The van der Waals surface area contributed by atoms with E-state index < -0.39 is 6.10 Å². The van der Waals surface area contributed by atoms with E-state index in [9.17, 15) is 5.11 Å². The Hall–Kier alpha value is -1.06. The molecule has 2 rings (SSSR count). The van der Waals surface area contributed by atoms with Crippen molar-refractivity contribution in [3.63, 3.8) is 0 Å². The van der Waals surface area contributed by atoms with Gasteiger partial charge < -0.3 is 9.52 Å². The van der Waals surface area contributed by atoms with E-state index in [0.29, 0.717) is 16.3 Å². The standard InChI is InChI=1S/C15H17BrO2/c1-10(2)8-11-4-3-5-12(9-11)15(17)13-6-7-14(16)18-13/h3-7,9-10,15,17H,8H2,1-2H3. The molecule has 1 atom stereocenters. The van der Waals surface area contributed by atoms with Gasteiger partial charge in [0.2, 0.25) is 0 Å². The summed E-state index contributed by atoms with van der Waals surface area (Å²) in [6, 6.07) is 11.6. The van der Waals surface area contributed by atoms with E-state index in [1.165, 1.54) is 5.56 Å². The largest absolute Gasteiger partial charge is 0.451 e. The Morgan fingerprint density at radius 1 is 1.22 bits per heavy atom. The summed E-state index contributed by atoms with van der Waals surface area (Å²) >= 11 is 3.24. The fourth-order valence-corrected chi connectivity index (χ4v) is 2.32. The quantitative estimate of drug-likeness (QED) is 0.912. The summed E-state index contributed by atoms with van der Waals surface area (Å²) in [5.74, 6) is 1.17. The van der Waals surface area contributed by atoms with Crippen molar-refractivity contribution < 1.29 is 9.52 Å². The second-order valence-electron chi connectivity index (χ2n) is 4.89. The van der Waals surface area contributed by atoms with Crippen LogP contribution in [0.2, 0.25) is 0 Å². The molecule has 1 heterocycles. The molecular weight excluding hydrogens is 292 g/mol. The molecule has 1 aromatic heterocycles. The van der Waals surface area contributed by atoms with Crippen LogP contribution < -0.4 is 0 Å². The van der Waals surface area contributed by atoms with Crippen LogP contribution >= 0.6 is 15.9 Å². The van der Waals surface area contributed by atoms with Crippen LogP contribution in [-0.4, -0.2) is 5.11 Å². The molecule has 2 nitrogen and oxygen atoms in total. The number of hydrogen-bond acceptors (Lipinski definition) is 2. The molecule has 0 aliphatic rings. The number of aliphatic hydroxyl groups is 1. The van der Waals surface area contributed by atoms with Crippen LogP contribution in [0, 0.1) is 5.92 Å². The number of rotatable bonds is 4. The van der Waals surface area contributed by atoms with E-state index in [-0.39, 0.29) is 0 Å². The van der Waals surface area contributed by atoms with Crippen molar-refractivity contribution >= 4 is 15.9 Å². The summed E-state index contributed by atoms with van der Waals surface area (Å²) in [7, 11) is 0. The van der Waals surface area contributed by atoms with Crippen molar-refractivity contribution in [3.8, 4) is 0 Å². The van der Waals surface area contributed by atoms with Gasteiger partial charge in [-0.05, 0) is 51.5 Å². The zero-order valence-corrected chi connectivity index (χ0v) is 12.1.